The van der Waals surface area contributed by atoms with Gasteiger partial charge in [0.2, 0.25) is 11.7 Å². The lowest BCUT2D eigenvalue weighted by molar-refractivity contribution is -0.137. The number of benzene rings is 1. The molecule has 6 nitrogen and oxygen atoms in total. The molecule has 3 aromatic heterocycles. The molecule has 0 N–H and O–H groups in total. The molecular weight excluding hydrogens is 449 g/mol. The average Bonchev–Trinajstić information content (AvgIpc) is 3.31. The van der Waals surface area contributed by atoms with Gasteiger partial charge in [-0.3, -0.25) is 9.36 Å². The van der Waals surface area contributed by atoms with Crippen molar-refractivity contribution in [2.75, 3.05) is 0 Å². The lowest BCUT2D eigenvalue weighted by Gasteiger charge is -2.08. The predicted molar refractivity (Wildman–Crippen MR) is 113 cm³/mol. The molecule has 4 aromatic rings. The molecule has 0 saturated heterocycles. The summed E-state index contributed by atoms with van der Waals surface area (Å²) >= 11 is 2.74. The fourth-order valence-corrected chi connectivity index (χ4v) is 5.06. The number of thioether (sulfide) groups is 1. The molecule has 1 aromatic carbocycles. The molecule has 3 heterocycles. The van der Waals surface area contributed by atoms with Crippen LogP contribution in [0.3, 0.4) is 0 Å². The molecule has 4 rings (SSSR count). The zero-order chi connectivity index (χ0) is 22.3. The van der Waals surface area contributed by atoms with E-state index in [1.807, 2.05) is 20.8 Å². The van der Waals surface area contributed by atoms with Crippen LogP contribution >= 0.6 is 23.1 Å². The third-order valence-corrected chi connectivity index (χ3v) is 6.87. The Bertz CT molecular complexity index is 1320. The Morgan fingerprint density at radius 2 is 2.00 bits per heavy atom. The van der Waals surface area contributed by atoms with E-state index in [-0.39, 0.29) is 28.6 Å². The normalized spacial score (nSPS) is 12.1. The summed E-state index contributed by atoms with van der Waals surface area (Å²) in [6, 6.07) is 4.75. The highest BCUT2D eigenvalue weighted by atomic mass is 32.2. The molecule has 162 valence electrons. The van der Waals surface area contributed by atoms with Crippen molar-refractivity contribution in [1.82, 2.24) is 19.7 Å². The van der Waals surface area contributed by atoms with Crippen molar-refractivity contribution < 1.29 is 17.7 Å². The van der Waals surface area contributed by atoms with Crippen LogP contribution in [0.15, 0.2) is 38.7 Å². The Kier molecular flexibility index (Phi) is 5.65. The molecule has 0 atom stereocenters. The highest BCUT2D eigenvalue weighted by Crippen LogP contribution is 2.32. The third-order valence-electron chi connectivity index (χ3n) is 4.81. The summed E-state index contributed by atoms with van der Waals surface area (Å²) in [5, 5.41) is 4.96. The van der Waals surface area contributed by atoms with Gasteiger partial charge in [-0.25, -0.2) is 4.98 Å². The number of halogens is 3. The molecule has 0 spiro atoms. The first-order valence-corrected chi connectivity index (χ1v) is 11.1. The first kappa shape index (κ1) is 21.6. The van der Waals surface area contributed by atoms with Crippen molar-refractivity contribution >= 4 is 33.3 Å². The lowest BCUT2D eigenvalue weighted by Crippen LogP contribution is -2.22. The van der Waals surface area contributed by atoms with E-state index in [0.717, 1.165) is 22.6 Å². The Morgan fingerprint density at radius 1 is 1.23 bits per heavy atom. The molecule has 11 heteroatoms. The molecule has 0 radical (unpaired) electrons. The summed E-state index contributed by atoms with van der Waals surface area (Å²) in [5.41, 5.74) is 0.284. The summed E-state index contributed by atoms with van der Waals surface area (Å²) in [6.07, 6.45) is -4.45. The molecule has 31 heavy (non-hydrogen) atoms. The molecule has 0 fully saturated rings. The zero-order valence-corrected chi connectivity index (χ0v) is 18.4. The van der Waals surface area contributed by atoms with Crippen molar-refractivity contribution in [2.45, 2.75) is 44.4 Å². The van der Waals surface area contributed by atoms with Crippen LogP contribution in [0.5, 0.6) is 0 Å². The minimum atomic E-state index is -4.45. The van der Waals surface area contributed by atoms with Gasteiger partial charge in [0.15, 0.2) is 5.16 Å². The van der Waals surface area contributed by atoms with Crippen LogP contribution in [-0.4, -0.2) is 19.7 Å². The number of rotatable bonds is 5. The molecule has 0 aliphatic heterocycles. The fraction of sp³-hybridized carbons (Fsp3) is 0.300. The summed E-state index contributed by atoms with van der Waals surface area (Å²) in [7, 11) is 0. The van der Waals surface area contributed by atoms with Crippen LogP contribution in [0, 0.1) is 13.8 Å². The Morgan fingerprint density at radius 3 is 2.71 bits per heavy atom. The highest BCUT2D eigenvalue weighted by Gasteiger charge is 2.30. The van der Waals surface area contributed by atoms with Gasteiger partial charge in [-0.05, 0) is 38.5 Å². The standard InChI is InChI=1S/C20H17F3N4O2S2/c1-4-27-18(28)15-10(2)11(3)31-17(15)25-19(27)30-9-14-24-16(26-29-14)12-6-5-7-13(8-12)20(21,22)23/h5-8H,4,9H2,1-3H3. The Labute approximate surface area is 183 Å². The number of thiophene rings is 1. The van der Waals surface area contributed by atoms with Gasteiger partial charge in [-0.1, -0.05) is 29.1 Å². The van der Waals surface area contributed by atoms with Gasteiger partial charge in [-0.15, -0.1) is 11.3 Å². The van der Waals surface area contributed by atoms with Gasteiger partial charge in [-0.2, -0.15) is 18.2 Å². The van der Waals surface area contributed by atoms with Crippen LogP contribution < -0.4 is 5.56 Å². The van der Waals surface area contributed by atoms with Crippen molar-refractivity contribution in [2.24, 2.45) is 0 Å². The largest absolute Gasteiger partial charge is 0.416 e. The maximum Gasteiger partial charge on any atom is 0.416 e. The molecule has 0 amide bonds. The van der Waals surface area contributed by atoms with Gasteiger partial charge in [0.1, 0.15) is 4.83 Å². The number of aromatic nitrogens is 4. The van der Waals surface area contributed by atoms with Crippen LogP contribution in [-0.2, 0) is 18.5 Å². The van der Waals surface area contributed by atoms with E-state index < -0.39 is 11.7 Å². The summed E-state index contributed by atoms with van der Waals surface area (Å²) < 4.78 is 45.6. The van der Waals surface area contributed by atoms with E-state index >= 15 is 0 Å². The summed E-state index contributed by atoms with van der Waals surface area (Å²) in [5.74, 6) is 0.531. The molecule has 0 aliphatic rings. The summed E-state index contributed by atoms with van der Waals surface area (Å²) in [4.78, 5) is 23.5. The van der Waals surface area contributed by atoms with Crippen molar-refractivity contribution in [3.05, 3.63) is 56.5 Å². The van der Waals surface area contributed by atoms with Gasteiger partial charge in [0, 0.05) is 17.0 Å². The maximum absolute atomic E-state index is 12.9. The molecular formula is C20H17F3N4O2S2. The maximum atomic E-state index is 12.9. The number of hydrogen-bond donors (Lipinski definition) is 0. The third kappa shape index (κ3) is 4.11. The van der Waals surface area contributed by atoms with E-state index in [1.54, 1.807) is 4.57 Å². The number of fused-ring (bicyclic) bond motifs is 1. The van der Waals surface area contributed by atoms with Crippen LogP contribution in [0.25, 0.3) is 21.6 Å². The van der Waals surface area contributed by atoms with E-state index in [0.29, 0.717) is 21.9 Å². The minimum Gasteiger partial charge on any atom is -0.338 e. The Hall–Kier alpha value is -2.66. The summed E-state index contributed by atoms with van der Waals surface area (Å²) in [6.45, 7) is 6.19. The second-order valence-corrected chi connectivity index (χ2v) is 8.93. The van der Waals surface area contributed by atoms with Gasteiger partial charge in [0.25, 0.3) is 5.56 Å². The average molecular weight is 467 g/mol. The van der Waals surface area contributed by atoms with Crippen LogP contribution in [0.4, 0.5) is 13.2 Å². The van der Waals surface area contributed by atoms with E-state index in [9.17, 15) is 18.0 Å². The van der Waals surface area contributed by atoms with E-state index in [2.05, 4.69) is 15.1 Å². The molecule has 0 unspecified atom stereocenters. The highest BCUT2D eigenvalue weighted by molar-refractivity contribution is 7.98. The van der Waals surface area contributed by atoms with Gasteiger partial charge < -0.3 is 4.52 Å². The second kappa shape index (κ2) is 8.12. The molecule has 0 saturated carbocycles. The number of aryl methyl sites for hydroxylation is 2. The van der Waals surface area contributed by atoms with Crippen LogP contribution in [0.2, 0.25) is 0 Å². The van der Waals surface area contributed by atoms with E-state index in [4.69, 9.17) is 4.52 Å². The first-order chi connectivity index (χ1) is 14.7. The number of hydrogen-bond acceptors (Lipinski definition) is 7. The first-order valence-electron chi connectivity index (χ1n) is 9.32. The van der Waals surface area contributed by atoms with Crippen molar-refractivity contribution in [3.63, 3.8) is 0 Å². The number of nitrogens with zero attached hydrogens (tertiary/aromatic N) is 4. The minimum absolute atomic E-state index is 0.0718. The quantitative estimate of drug-likeness (QED) is 0.287. The topological polar surface area (TPSA) is 73.8 Å². The molecule has 0 aliphatic carbocycles. The van der Waals surface area contributed by atoms with Crippen LogP contribution in [0.1, 0.15) is 28.8 Å². The SMILES string of the molecule is CCn1c(SCc2nc(-c3cccc(C(F)(F)F)c3)no2)nc2sc(C)c(C)c2c1=O. The van der Waals surface area contributed by atoms with E-state index in [1.165, 1.54) is 35.2 Å². The van der Waals surface area contributed by atoms with Gasteiger partial charge in [0.05, 0.1) is 16.7 Å². The second-order valence-electron chi connectivity index (χ2n) is 6.79. The zero-order valence-electron chi connectivity index (χ0n) is 16.8. The fourth-order valence-electron chi connectivity index (χ4n) is 3.09. The number of alkyl halides is 3. The monoisotopic (exact) mass is 466 g/mol. The van der Waals surface area contributed by atoms with Crippen molar-refractivity contribution in [3.8, 4) is 11.4 Å². The predicted octanol–water partition coefficient (Wildman–Crippen LogP) is 5.46. The smallest absolute Gasteiger partial charge is 0.338 e. The van der Waals surface area contributed by atoms with Crippen molar-refractivity contribution in [1.29, 1.82) is 0 Å². The van der Waals surface area contributed by atoms with Gasteiger partial charge >= 0.3 is 6.18 Å². The molecule has 0 bridgehead atoms. The Balaban J connectivity index is 1.59. The lowest BCUT2D eigenvalue weighted by atomic mass is 10.1.